The predicted molar refractivity (Wildman–Crippen MR) is 73.3 cm³/mol. The van der Waals surface area contributed by atoms with Crippen LogP contribution in [0.25, 0.3) is 0 Å². The molecule has 6 heteroatoms. The molecule has 19 heavy (non-hydrogen) atoms. The lowest BCUT2D eigenvalue weighted by Crippen LogP contribution is -2.49. The molecule has 0 bridgehead atoms. The Hall–Kier alpha value is -0.720. The first kappa shape index (κ1) is 14.7. The van der Waals surface area contributed by atoms with Crippen molar-refractivity contribution in [2.75, 3.05) is 26.2 Å². The zero-order valence-electron chi connectivity index (χ0n) is 10.9. The molecule has 0 aromatic heterocycles. The highest BCUT2D eigenvalue weighted by Gasteiger charge is 2.29. The quantitative estimate of drug-likeness (QED) is 0.654. The van der Waals surface area contributed by atoms with Crippen LogP contribution in [0.5, 0.6) is 0 Å². The Bertz CT molecular complexity index is 432. The highest BCUT2D eigenvalue weighted by atomic mass is 35.5. The number of likely N-dealkylation sites (N-methyl/N-ethyl adjacent to an activating group) is 1. The largest absolute Gasteiger partial charge is 0.374 e. The number of hydrogen-bond acceptors (Lipinski definition) is 4. The second kappa shape index (κ2) is 6.63. The topological polar surface area (TPSA) is 50.5 Å². The minimum atomic E-state index is -0.383. The van der Waals surface area contributed by atoms with Gasteiger partial charge in [-0.15, -0.1) is 0 Å². The molecular weight excluding hydrogens is 269 g/mol. The van der Waals surface area contributed by atoms with Gasteiger partial charge in [0.25, 0.3) is 0 Å². The summed E-state index contributed by atoms with van der Waals surface area (Å²) in [6, 6.07) is 4.22. The van der Waals surface area contributed by atoms with E-state index in [1.54, 1.807) is 12.1 Å². The molecule has 1 aromatic rings. The van der Waals surface area contributed by atoms with Gasteiger partial charge < -0.3 is 4.74 Å². The van der Waals surface area contributed by atoms with Crippen molar-refractivity contribution in [3.63, 3.8) is 0 Å². The van der Waals surface area contributed by atoms with Gasteiger partial charge in [-0.2, -0.15) is 0 Å². The number of nitrogens with zero attached hydrogens (tertiary/aromatic N) is 1. The van der Waals surface area contributed by atoms with E-state index < -0.39 is 0 Å². The summed E-state index contributed by atoms with van der Waals surface area (Å²) in [7, 11) is 0. The first-order valence-corrected chi connectivity index (χ1v) is 6.78. The summed E-state index contributed by atoms with van der Waals surface area (Å²) in [5, 5.41) is 0.372. The number of nitrogens with one attached hydrogen (secondary N) is 1. The van der Waals surface area contributed by atoms with Crippen LogP contribution >= 0.6 is 11.6 Å². The maximum Gasteiger partial charge on any atom is 0.129 e. The van der Waals surface area contributed by atoms with Crippen molar-refractivity contribution < 1.29 is 9.13 Å². The molecule has 1 aliphatic heterocycles. The standard InChI is InChI=1S/C13H19ClFN3O/c1-2-18-5-6-19-12(8-18)13(17-16)10-4-3-9(14)7-11(10)15/h3-4,7,12-13,17H,2,5-6,8,16H2,1H3. The Balaban J connectivity index is 2.19. The number of hydrogen-bond donors (Lipinski definition) is 2. The van der Waals surface area contributed by atoms with E-state index in [2.05, 4.69) is 17.2 Å². The minimum absolute atomic E-state index is 0.172. The average molecular weight is 288 g/mol. The predicted octanol–water partition coefficient (Wildman–Crippen LogP) is 1.70. The van der Waals surface area contributed by atoms with Crippen molar-refractivity contribution in [3.8, 4) is 0 Å². The number of halogens is 2. The Morgan fingerprint density at radius 2 is 2.42 bits per heavy atom. The lowest BCUT2D eigenvalue weighted by molar-refractivity contribution is -0.0461. The second-order valence-corrected chi connectivity index (χ2v) is 5.05. The minimum Gasteiger partial charge on any atom is -0.374 e. The van der Waals surface area contributed by atoms with Gasteiger partial charge >= 0.3 is 0 Å². The highest BCUT2D eigenvalue weighted by Crippen LogP contribution is 2.26. The molecule has 0 aliphatic carbocycles. The highest BCUT2D eigenvalue weighted by molar-refractivity contribution is 6.30. The van der Waals surface area contributed by atoms with E-state index in [-0.39, 0.29) is 18.0 Å². The van der Waals surface area contributed by atoms with E-state index in [1.807, 2.05) is 0 Å². The van der Waals surface area contributed by atoms with Gasteiger partial charge in [0.2, 0.25) is 0 Å². The Morgan fingerprint density at radius 1 is 1.63 bits per heavy atom. The normalized spacial score (nSPS) is 22.4. The smallest absolute Gasteiger partial charge is 0.129 e. The molecule has 1 heterocycles. The molecule has 2 unspecified atom stereocenters. The van der Waals surface area contributed by atoms with E-state index in [1.165, 1.54) is 6.07 Å². The van der Waals surface area contributed by atoms with Crippen LogP contribution in [0.15, 0.2) is 18.2 Å². The van der Waals surface area contributed by atoms with Gasteiger partial charge in [-0.05, 0) is 18.7 Å². The van der Waals surface area contributed by atoms with Crippen molar-refractivity contribution >= 4 is 11.6 Å². The molecular formula is C13H19ClFN3O. The molecule has 0 radical (unpaired) electrons. The molecule has 0 saturated carbocycles. The molecule has 1 fully saturated rings. The Morgan fingerprint density at radius 3 is 3.05 bits per heavy atom. The van der Waals surface area contributed by atoms with Crippen LogP contribution in [-0.2, 0) is 4.74 Å². The van der Waals surface area contributed by atoms with Gasteiger partial charge in [-0.1, -0.05) is 24.6 Å². The molecule has 1 aromatic carbocycles. The summed E-state index contributed by atoms with van der Waals surface area (Å²) in [6.07, 6.45) is -0.172. The first-order valence-electron chi connectivity index (χ1n) is 6.40. The van der Waals surface area contributed by atoms with Crippen molar-refractivity contribution in [3.05, 3.63) is 34.6 Å². The Kier molecular flexibility index (Phi) is 5.13. The first-order chi connectivity index (χ1) is 9.15. The van der Waals surface area contributed by atoms with Crippen LogP contribution in [0, 0.1) is 5.82 Å². The molecule has 0 spiro atoms. The summed E-state index contributed by atoms with van der Waals surface area (Å²) < 4.78 is 19.7. The average Bonchev–Trinajstić information content (AvgIpc) is 2.42. The van der Waals surface area contributed by atoms with E-state index in [4.69, 9.17) is 22.2 Å². The van der Waals surface area contributed by atoms with Crippen molar-refractivity contribution in [2.24, 2.45) is 5.84 Å². The SMILES string of the molecule is CCN1CCOC(C(NN)c2ccc(Cl)cc2F)C1. The number of hydrazine groups is 1. The molecule has 0 amide bonds. The number of benzene rings is 1. The maximum atomic E-state index is 14.0. The fourth-order valence-corrected chi connectivity index (χ4v) is 2.53. The van der Waals surface area contributed by atoms with E-state index >= 15 is 0 Å². The second-order valence-electron chi connectivity index (χ2n) is 4.61. The molecule has 4 nitrogen and oxygen atoms in total. The van der Waals surface area contributed by atoms with Crippen LogP contribution in [0.2, 0.25) is 5.02 Å². The van der Waals surface area contributed by atoms with Crippen LogP contribution < -0.4 is 11.3 Å². The fraction of sp³-hybridized carbons (Fsp3) is 0.538. The zero-order chi connectivity index (χ0) is 13.8. The lowest BCUT2D eigenvalue weighted by Gasteiger charge is -2.36. The van der Waals surface area contributed by atoms with Gasteiger partial charge in [-0.25, -0.2) is 4.39 Å². The number of ether oxygens (including phenoxy) is 1. The Labute approximate surface area is 117 Å². The van der Waals surface area contributed by atoms with E-state index in [0.29, 0.717) is 17.2 Å². The lowest BCUT2D eigenvalue weighted by atomic mass is 10.00. The number of nitrogens with two attached hydrogens (primary N) is 1. The number of morpholine rings is 1. The molecule has 1 saturated heterocycles. The molecule has 106 valence electrons. The van der Waals surface area contributed by atoms with Gasteiger partial charge in [0.05, 0.1) is 18.8 Å². The summed E-state index contributed by atoms with van der Waals surface area (Å²) in [6.45, 7) is 5.29. The molecule has 1 aliphatic rings. The third kappa shape index (κ3) is 3.43. The van der Waals surface area contributed by atoms with Gasteiger partial charge in [0, 0.05) is 23.7 Å². The zero-order valence-corrected chi connectivity index (χ0v) is 11.7. The third-order valence-electron chi connectivity index (χ3n) is 3.47. The van der Waals surface area contributed by atoms with E-state index in [9.17, 15) is 4.39 Å². The van der Waals surface area contributed by atoms with Crippen LogP contribution in [0.1, 0.15) is 18.5 Å². The molecule has 2 rings (SSSR count). The van der Waals surface area contributed by atoms with Crippen molar-refractivity contribution in [1.29, 1.82) is 0 Å². The van der Waals surface area contributed by atoms with Crippen LogP contribution in [0.3, 0.4) is 0 Å². The van der Waals surface area contributed by atoms with Crippen molar-refractivity contribution in [1.82, 2.24) is 10.3 Å². The molecule has 2 atom stereocenters. The number of rotatable bonds is 4. The third-order valence-corrected chi connectivity index (χ3v) is 3.71. The van der Waals surface area contributed by atoms with E-state index in [0.717, 1.165) is 19.6 Å². The molecule has 3 N–H and O–H groups in total. The van der Waals surface area contributed by atoms with Gasteiger partial charge in [0.1, 0.15) is 5.82 Å². The van der Waals surface area contributed by atoms with Gasteiger partial charge in [-0.3, -0.25) is 16.2 Å². The fourth-order valence-electron chi connectivity index (χ4n) is 2.37. The summed E-state index contributed by atoms with van der Waals surface area (Å²) >= 11 is 5.77. The summed E-state index contributed by atoms with van der Waals surface area (Å²) in [4.78, 5) is 2.26. The van der Waals surface area contributed by atoms with Gasteiger partial charge in [0.15, 0.2) is 0 Å². The summed E-state index contributed by atoms with van der Waals surface area (Å²) in [5.41, 5.74) is 3.14. The van der Waals surface area contributed by atoms with Crippen LogP contribution in [0.4, 0.5) is 4.39 Å². The van der Waals surface area contributed by atoms with Crippen LogP contribution in [-0.4, -0.2) is 37.2 Å². The monoisotopic (exact) mass is 287 g/mol. The van der Waals surface area contributed by atoms with Crippen molar-refractivity contribution in [2.45, 2.75) is 19.1 Å². The maximum absolute atomic E-state index is 14.0. The summed E-state index contributed by atoms with van der Waals surface area (Å²) in [5.74, 6) is 5.21.